The lowest BCUT2D eigenvalue weighted by Gasteiger charge is -2.23. The second-order valence-electron chi connectivity index (χ2n) is 15.6. The molecule has 0 rings (SSSR count). The zero-order chi connectivity index (χ0) is 39.6. The van der Waals surface area contributed by atoms with Gasteiger partial charge in [-0.3, -0.25) is 13.8 Å². The number of nitrogens with one attached hydrogen (secondary N) is 1. The number of hydrogen-bond acceptors (Lipinski definition) is 6. The minimum atomic E-state index is -4.34. The Bertz CT molecular complexity index is 901. The number of unbranched alkanes of at least 4 members (excludes halogenated alkanes) is 29. The molecule has 0 heterocycles. The zero-order valence-electron chi connectivity index (χ0n) is 35.5. The molecule has 0 aliphatic carbocycles. The molecule has 0 bridgehead atoms. The minimum Gasteiger partial charge on any atom is -0.387 e. The first-order valence-electron chi connectivity index (χ1n) is 23.0. The van der Waals surface area contributed by atoms with E-state index < -0.39 is 20.0 Å². The second-order valence-corrected chi connectivity index (χ2v) is 17.1. The van der Waals surface area contributed by atoms with Gasteiger partial charge in [0.25, 0.3) is 0 Å². The van der Waals surface area contributed by atoms with E-state index in [1.54, 1.807) is 6.08 Å². The lowest BCUT2D eigenvalue weighted by atomic mass is 10.0. The lowest BCUT2D eigenvalue weighted by Crippen LogP contribution is -2.45. The van der Waals surface area contributed by atoms with Gasteiger partial charge in [-0.15, -0.1) is 0 Å². The van der Waals surface area contributed by atoms with E-state index in [-0.39, 0.29) is 25.7 Å². The summed E-state index contributed by atoms with van der Waals surface area (Å²) < 4.78 is 22.1. The maximum atomic E-state index is 12.8. The molecule has 0 fully saturated rings. The molecule has 1 amide bonds. The fourth-order valence-corrected chi connectivity index (χ4v) is 7.56. The van der Waals surface area contributed by atoms with Crippen LogP contribution in [-0.2, 0) is 18.4 Å². The van der Waals surface area contributed by atoms with Gasteiger partial charge in [0.15, 0.2) is 0 Å². The van der Waals surface area contributed by atoms with Gasteiger partial charge in [-0.1, -0.05) is 212 Å². The summed E-state index contributed by atoms with van der Waals surface area (Å²) in [7, 11) is -4.34. The van der Waals surface area contributed by atoms with E-state index in [2.05, 4.69) is 31.3 Å². The number of aliphatic hydroxyl groups is 1. The number of allylic oxidation sites excluding steroid dienone is 3. The third-order valence-electron chi connectivity index (χ3n) is 10.3. The summed E-state index contributed by atoms with van der Waals surface area (Å²) in [4.78, 5) is 22.7. The molecule has 0 aromatic rings. The number of phosphoric ester groups is 1. The van der Waals surface area contributed by atoms with E-state index >= 15 is 0 Å². The van der Waals surface area contributed by atoms with Crippen LogP contribution in [-0.4, -0.2) is 47.8 Å². The van der Waals surface area contributed by atoms with Crippen LogP contribution < -0.4 is 11.1 Å². The highest BCUT2D eigenvalue weighted by atomic mass is 31.2. The van der Waals surface area contributed by atoms with Crippen molar-refractivity contribution in [2.45, 2.75) is 238 Å². The predicted molar refractivity (Wildman–Crippen MR) is 231 cm³/mol. The Balaban J connectivity index is 4.13. The Labute approximate surface area is 334 Å². The van der Waals surface area contributed by atoms with Crippen LogP contribution in [0, 0.1) is 0 Å². The Morgan fingerprint density at radius 1 is 0.593 bits per heavy atom. The van der Waals surface area contributed by atoms with E-state index in [0.29, 0.717) is 6.42 Å². The summed E-state index contributed by atoms with van der Waals surface area (Å²) in [5.41, 5.74) is 5.37. The van der Waals surface area contributed by atoms with Crippen LogP contribution in [0.1, 0.15) is 226 Å². The number of carbonyl (C=O) groups is 1. The number of amides is 1. The van der Waals surface area contributed by atoms with E-state index in [9.17, 15) is 19.4 Å². The van der Waals surface area contributed by atoms with Crippen LogP contribution in [0.5, 0.6) is 0 Å². The molecule has 0 radical (unpaired) electrons. The van der Waals surface area contributed by atoms with Gasteiger partial charge in [0.05, 0.1) is 25.4 Å². The van der Waals surface area contributed by atoms with Crippen LogP contribution in [0.15, 0.2) is 24.3 Å². The SMILES string of the molecule is CCCCCCCCCC/C=C/CC/C=C/C(O)C(COP(=O)(O)OCCN)NC(=O)CCCCCCCCCCCCCCCCCCCCCCC. The van der Waals surface area contributed by atoms with Gasteiger partial charge in [0.2, 0.25) is 5.91 Å². The quantitative estimate of drug-likeness (QED) is 0.0275. The maximum absolute atomic E-state index is 12.8. The van der Waals surface area contributed by atoms with Crippen molar-refractivity contribution in [3.8, 4) is 0 Å². The van der Waals surface area contributed by atoms with Gasteiger partial charge in [-0.25, -0.2) is 4.57 Å². The number of hydrogen-bond donors (Lipinski definition) is 4. The summed E-state index contributed by atoms with van der Waals surface area (Å²) in [6, 6.07) is -0.872. The molecular formula is C45H89N2O6P. The molecule has 0 aliphatic rings. The van der Waals surface area contributed by atoms with Gasteiger partial charge < -0.3 is 21.1 Å². The molecule has 54 heavy (non-hydrogen) atoms. The molecule has 0 aromatic heterocycles. The minimum absolute atomic E-state index is 0.0759. The number of phosphoric acid groups is 1. The molecule has 9 heteroatoms. The molecule has 0 aliphatic heterocycles. The summed E-state index contributed by atoms with van der Waals surface area (Å²) in [6.45, 7) is 4.13. The Morgan fingerprint density at radius 2 is 0.981 bits per heavy atom. The summed E-state index contributed by atoms with van der Waals surface area (Å²) in [6.07, 6.45) is 48.1. The molecule has 3 atom stereocenters. The molecular weight excluding hydrogens is 695 g/mol. The summed E-state index contributed by atoms with van der Waals surface area (Å²) in [5, 5.41) is 13.7. The number of rotatable bonds is 43. The molecule has 0 saturated heterocycles. The van der Waals surface area contributed by atoms with Crippen LogP contribution in [0.4, 0.5) is 0 Å². The van der Waals surface area contributed by atoms with Crippen molar-refractivity contribution in [1.29, 1.82) is 0 Å². The molecule has 0 spiro atoms. The van der Waals surface area contributed by atoms with Gasteiger partial charge in [0, 0.05) is 13.0 Å². The van der Waals surface area contributed by atoms with Crippen molar-refractivity contribution in [3.63, 3.8) is 0 Å². The van der Waals surface area contributed by atoms with Crippen LogP contribution >= 0.6 is 7.82 Å². The van der Waals surface area contributed by atoms with E-state index in [1.165, 1.54) is 167 Å². The average Bonchev–Trinajstić information content (AvgIpc) is 3.16. The molecule has 5 N–H and O–H groups in total. The van der Waals surface area contributed by atoms with Gasteiger partial charge in [-0.05, 0) is 32.1 Å². The number of aliphatic hydroxyl groups excluding tert-OH is 1. The standard InChI is InChI=1S/C45H89N2O6P/c1-3-5-7-9-11-13-15-17-19-20-21-22-23-24-25-27-29-31-33-35-37-39-45(49)47-43(42-53-54(50,51)52-41-40-46)44(48)38-36-34-32-30-28-26-18-16-14-12-10-8-6-4-2/h28,30,36,38,43-44,48H,3-27,29,31-35,37,39-42,46H2,1-2H3,(H,47,49)(H,50,51)/b30-28+,38-36+. The van der Waals surface area contributed by atoms with Crippen molar-refractivity contribution in [3.05, 3.63) is 24.3 Å². The molecule has 0 aromatic carbocycles. The fraction of sp³-hybridized carbons (Fsp3) is 0.889. The van der Waals surface area contributed by atoms with Crippen molar-refractivity contribution in [1.82, 2.24) is 5.32 Å². The molecule has 320 valence electrons. The Kier molecular flexibility index (Phi) is 40.8. The van der Waals surface area contributed by atoms with Gasteiger partial charge in [0.1, 0.15) is 0 Å². The third kappa shape index (κ3) is 39.2. The summed E-state index contributed by atoms with van der Waals surface area (Å²) in [5.74, 6) is -0.201. The largest absolute Gasteiger partial charge is 0.472 e. The monoisotopic (exact) mass is 785 g/mol. The van der Waals surface area contributed by atoms with Crippen molar-refractivity contribution in [2.24, 2.45) is 5.73 Å². The molecule has 3 unspecified atom stereocenters. The highest BCUT2D eigenvalue weighted by Gasteiger charge is 2.26. The first kappa shape index (κ1) is 53.0. The Hall–Kier alpha value is -1.02. The van der Waals surface area contributed by atoms with Crippen LogP contribution in [0.3, 0.4) is 0 Å². The lowest BCUT2D eigenvalue weighted by molar-refractivity contribution is -0.123. The normalized spacial score (nSPS) is 14.2. The first-order chi connectivity index (χ1) is 26.4. The fourth-order valence-electron chi connectivity index (χ4n) is 6.80. The topological polar surface area (TPSA) is 131 Å². The van der Waals surface area contributed by atoms with Gasteiger partial charge >= 0.3 is 7.82 Å². The van der Waals surface area contributed by atoms with E-state index in [0.717, 1.165) is 38.5 Å². The average molecular weight is 785 g/mol. The number of carbonyl (C=O) groups excluding carboxylic acids is 1. The first-order valence-corrected chi connectivity index (χ1v) is 24.5. The maximum Gasteiger partial charge on any atom is 0.472 e. The third-order valence-corrected chi connectivity index (χ3v) is 11.3. The molecule has 0 saturated carbocycles. The zero-order valence-corrected chi connectivity index (χ0v) is 36.4. The van der Waals surface area contributed by atoms with Crippen molar-refractivity contribution >= 4 is 13.7 Å². The van der Waals surface area contributed by atoms with Crippen LogP contribution in [0.25, 0.3) is 0 Å². The number of nitrogens with two attached hydrogens (primary N) is 1. The van der Waals surface area contributed by atoms with Crippen LogP contribution in [0.2, 0.25) is 0 Å². The Morgan fingerprint density at radius 3 is 1.43 bits per heavy atom. The van der Waals surface area contributed by atoms with Crippen molar-refractivity contribution < 1.29 is 28.4 Å². The van der Waals surface area contributed by atoms with E-state index in [4.69, 9.17) is 14.8 Å². The highest BCUT2D eigenvalue weighted by molar-refractivity contribution is 7.47. The van der Waals surface area contributed by atoms with Gasteiger partial charge in [-0.2, -0.15) is 0 Å². The predicted octanol–water partition coefficient (Wildman–Crippen LogP) is 12.9. The summed E-state index contributed by atoms with van der Waals surface area (Å²) >= 11 is 0. The van der Waals surface area contributed by atoms with Crippen molar-refractivity contribution in [2.75, 3.05) is 19.8 Å². The molecule has 8 nitrogen and oxygen atoms in total. The smallest absolute Gasteiger partial charge is 0.387 e. The second kappa shape index (κ2) is 41.6. The van der Waals surface area contributed by atoms with E-state index in [1.807, 2.05) is 6.08 Å². The highest BCUT2D eigenvalue weighted by Crippen LogP contribution is 2.43.